The summed E-state index contributed by atoms with van der Waals surface area (Å²) < 4.78 is 0. The molecule has 0 saturated carbocycles. The zero-order chi connectivity index (χ0) is 13.9. The van der Waals surface area contributed by atoms with Gasteiger partial charge in [0.25, 0.3) is 5.91 Å². The molecule has 1 heterocycles. The average Bonchev–Trinajstić information content (AvgIpc) is 2.92. The molecule has 1 aliphatic rings. The quantitative estimate of drug-likeness (QED) is 0.833. The smallest absolute Gasteiger partial charge is 0.253 e. The van der Waals surface area contributed by atoms with Crippen LogP contribution in [0.25, 0.3) is 0 Å². The summed E-state index contributed by atoms with van der Waals surface area (Å²) in [6, 6.07) is 8.98. The third-order valence-corrected chi connectivity index (χ3v) is 4.49. The fraction of sp³-hybridized carbons (Fsp3) is 0.500. The fourth-order valence-electron chi connectivity index (χ4n) is 2.81. The predicted octanol–water partition coefficient (Wildman–Crippen LogP) is 3.21. The molecule has 1 amide bonds. The fourth-order valence-corrected chi connectivity index (χ4v) is 2.81. The lowest BCUT2D eigenvalue weighted by molar-refractivity contribution is 0.0770. The second-order valence-electron chi connectivity index (χ2n) is 5.37. The normalized spacial score (nSPS) is 17.2. The van der Waals surface area contributed by atoms with Crippen molar-refractivity contribution >= 4 is 5.91 Å². The van der Waals surface area contributed by atoms with Gasteiger partial charge in [0, 0.05) is 18.7 Å². The molecule has 0 aromatic heterocycles. The Morgan fingerprint density at radius 2 is 1.95 bits per heavy atom. The van der Waals surface area contributed by atoms with Crippen LogP contribution in [0, 0.1) is 16.7 Å². The van der Waals surface area contributed by atoms with Crippen LogP contribution in [-0.2, 0) is 0 Å². The van der Waals surface area contributed by atoms with E-state index in [1.165, 1.54) is 0 Å². The Bertz CT molecular complexity index is 494. The maximum atomic E-state index is 12.4. The van der Waals surface area contributed by atoms with Crippen LogP contribution in [-0.4, -0.2) is 23.9 Å². The van der Waals surface area contributed by atoms with Gasteiger partial charge < -0.3 is 4.90 Å². The van der Waals surface area contributed by atoms with Crippen molar-refractivity contribution in [2.75, 3.05) is 13.1 Å². The van der Waals surface area contributed by atoms with Gasteiger partial charge in [-0.3, -0.25) is 4.79 Å². The number of carbonyl (C=O) groups excluding carboxylic acids is 1. The van der Waals surface area contributed by atoms with Gasteiger partial charge in [0.1, 0.15) is 0 Å². The van der Waals surface area contributed by atoms with Crippen molar-refractivity contribution in [1.82, 2.24) is 4.90 Å². The number of hydrogen-bond acceptors (Lipinski definition) is 2. The van der Waals surface area contributed by atoms with Gasteiger partial charge in [-0.15, -0.1) is 0 Å². The molecule has 1 fully saturated rings. The third-order valence-electron chi connectivity index (χ3n) is 4.49. The van der Waals surface area contributed by atoms with Gasteiger partial charge in [-0.25, -0.2) is 0 Å². The van der Waals surface area contributed by atoms with Gasteiger partial charge >= 0.3 is 0 Å². The number of nitriles is 1. The molecular formula is C16H20N2O. The Morgan fingerprint density at radius 3 is 2.42 bits per heavy atom. The van der Waals surface area contributed by atoms with E-state index in [1.54, 1.807) is 24.3 Å². The SMILES string of the molecule is CCC1(CC)CCN(C(=O)c2ccc(C#N)cc2)C1. The lowest BCUT2D eigenvalue weighted by atomic mass is 9.82. The topological polar surface area (TPSA) is 44.1 Å². The number of carbonyl (C=O) groups is 1. The lowest BCUT2D eigenvalue weighted by Crippen LogP contribution is -2.31. The summed E-state index contributed by atoms with van der Waals surface area (Å²) in [5, 5.41) is 8.77. The Morgan fingerprint density at radius 1 is 1.32 bits per heavy atom. The van der Waals surface area contributed by atoms with E-state index in [4.69, 9.17) is 5.26 Å². The maximum Gasteiger partial charge on any atom is 0.253 e. The summed E-state index contributed by atoms with van der Waals surface area (Å²) >= 11 is 0. The zero-order valence-corrected chi connectivity index (χ0v) is 11.6. The second-order valence-corrected chi connectivity index (χ2v) is 5.37. The van der Waals surface area contributed by atoms with E-state index in [2.05, 4.69) is 19.9 Å². The van der Waals surface area contributed by atoms with Crippen LogP contribution in [0.1, 0.15) is 49.0 Å². The van der Waals surface area contributed by atoms with Crippen LogP contribution in [0.2, 0.25) is 0 Å². The summed E-state index contributed by atoms with van der Waals surface area (Å²) in [7, 11) is 0. The number of benzene rings is 1. The van der Waals surface area contributed by atoms with E-state index >= 15 is 0 Å². The van der Waals surface area contributed by atoms with Crippen LogP contribution in [0.3, 0.4) is 0 Å². The van der Waals surface area contributed by atoms with Gasteiger partial charge in [-0.05, 0) is 48.9 Å². The van der Waals surface area contributed by atoms with Crippen LogP contribution in [0.15, 0.2) is 24.3 Å². The number of rotatable bonds is 3. The average molecular weight is 256 g/mol. The molecule has 0 radical (unpaired) electrons. The molecule has 1 saturated heterocycles. The zero-order valence-electron chi connectivity index (χ0n) is 11.6. The molecule has 1 aliphatic heterocycles. The molecule has 0 spiro atoms. The standard InChI is InChI=1S/C16H20N2O/c1-3-16(4-2)9-10-18(12-16)15(19)14-7-5-13(11-17)6-8-14/h5-8H,3-4,9-10,12H2,1-2H3. The van der Waals surface area contributed by atoms with E-state index in [-0.39, 0.29) is 5.91 Å². The van der Waals surface area contributed by atoms with Crippen molar-refractivity contribution in [1.29, 1.82) is 5.26 Å². The van der Waals surface area contributed by atoms with Crippen molar-refractivity contribution < 1.29 is 4.79 Å². The minimum atomic E-state index is 0.0910. The van der Waals surface area contributed by atoms with Crippen LogP contribution >= 0.6 is 0 Å². The highest BCUT2D eigenvalue weighted by Crippen LogP contribution is 2.37. The molecule has 1 aromatic carbocycles. The van der Waals surface area contributed by atoms with E-state index in [1.807, 2.05) is 4.90 Å². The van der Waals surface area contributed by atoms with Crippen molar-refractivity contribution in [2.24, 2.45) is 5.41 Å². The Hall–Kier alpha value is -1.82. The first-order valence-electron chi connectivity index (χ1n) is 6.93. The van der Waals surface area contributed by atoms with Gasteiger partial charge in [0.15, 0.2) is 0 Å². The van der Waals surface area contributed by atoms with Crippen molar-refractivity contribution in [3.05, 3.63) is 35.4 Å². The predicted molar refractivity (Wildman–Crippen MR) is 74.7 cm³/mol. The molecule has 2 rings (SSSR count). The third kappa shape index (κ3) is 2.63. The van der Waals surface area contributed by atoms with Crippen molar-refractivity contribution in [2.45, 2.75) is 33.1 Å². The van der Waals surface area contributed by atoms with Gasteiger partial charge in [-0.2, -0.15) is 5.26 Å². The number of amides is 1. The molecule has 0 atom stereocenters. The van der Waals surface area contributed by atoms with Gasteiger partial charge in [0.05, 0.1) is 11.6 Å². The second kappa shape index (κ2) is 5.44. The summed E-state index contributed by atoms with van der Waals surface area (Å²) in [5.74, 6) is 0.0910. The Labute approximate surface area is 114 Å². The number of hydrogen-bond donors (Lipinski definition) is 0. The summed E-state index contributed by atoms with van der Waals surface area (Å²) in [4.78, 5) is 14.4. The van der Waals surface area contributed by atoms with Crippen LogP contribution in [0.5, 0.6) is 0 Å². The lowest BCUT2D eigenvalue weighted by Gasteiger charge is -2.26. The van der Waals surface area contributed by atoms with Gasteiger partial charge in [-0.1, -0.05) is 13.8 Å². The Balaban J connectivity index is 2.11. The minimum Gasteiger partial charge on any atom is -0.338 e. The molecule has 3 nitrogen and oxygen atoms in total. The minimum absolute atomic E-state index is 0.0910. The van der Waals surface area contributed by atoms with Crippen LogP contribution < -0.4 is 0 Å². The van der Waals surface area contributed by atoms with E-state index in [9.17, 15) is 4.79 Å². The van der Waals surface area contributed by atoms with Crippen molar-refractivity contribution in [3.63, 3.8) is 0 Å². The molecule has 1 aromatic rings. The van der Waals surface area contributed by atoms with Crippen LogP contribution in [0.4, 0.5) is 0 Å². The number of likely N-dealkylation sites (tertiary alicyclic amines) is 1. The van der Waals surface area contributed by atoms with E-state index < -0.39 is 0 Å². The largest absolute Gasteiger partial charge is 0.338 e. The highest BCUT2D eigenvalue weighted by Gasteiger charge is 2.37. The summed E-state index contributed by atoms with van der Waals surface area (Å²) in [5.41, 5.74) is 1.58. The van der Waals surface area contributed by atoms with E-state index in [0.29, 0.717) is 16.5 Å². The molecule has 3 heteroatoms. The first kappa shape index (κ1) is 13.6. The molecule has 19 heavy (non-hydrogen) atoms. The first-order valence-corrected chi connectivity index (χ1v) is 6.93. The first-order chi connectivity index (χ1) is 9.14. The Kier molecular flexibility index (Phi) is 3.90. The van der Waals surface area contributed by atoms with E-state index in [0.717, 1.165) is 32.4 Å². The van der Waals surface area contributed by atoms with Crippen molar-refractivity contribution in [3.8, 4) is 6.07 Å². The molecule has 0 bridgehead atoms. The molecule has 0 unspecified atom stereocenters. The highest BCUT2D eigenvalue weighted by atomic mass is 16.2. The highest BCUT2D eigenvalue weighted by molar-refractivity contribution is 5.94. The maximum absolute atomic E-state index is 12.4. The molecule has 0 N–H and O–H groups in total. The summed E-state index contributed by atoms with van der Waals surface area (Å²) in [6.45, 7) is 6.12. The molecule has 0 aliphatic carbocycles. The monoisotopic (exact) mass is 256 g/mol. The van der Waals surface area contributed by atoms with Gasteiger partial charge in [0.2, 0.25) is 0 Å². The number of nitrogens with zero attached hydrogens (tertiary/aromatic N) is 2. The molecular weight excluding hydrogens is 236 g/mol. The summed E-state index contributed by atoms with van der Waals surface area (Å²) in [6.07, 6.45) is 3.35. The molecule has 100 valence electrons.